The van der Waals surface area contributed by atoms with E-state index in [4.69, 9.17) is 9.47 Å². The van der Waals surface area contributed by atoms with Gasteiger partial charge in [-0.2, -0.15) is 0 Å². The van der Waals surface area contributed by atoms with Crippen LogP contribution in [0.2, 0.25) is 0 Å². The minimum atomic E-state index is -2.43. The van der Waals surface area contributed by atoms with Crippen molar-refractivity contribution < 1.29 is 29.0 Å². The smallest absolute Gasteiger partial charge is 0.340 e. The lowest BCUT2D eigenvalue weighted by Crippen LogP contribution is -2.50. The highest BCUT2D eigenvalue weighted by atomic mass is 16.6. The Balaban J connectivity index is 1.90. The van der Waals surface area contributed by atoms with Crippen LogP contribution in [0.4, 0.5) is 0 Å². The van der Waals surface area contributed by atoms with Crippen LogP contribution >= 0.6 is 0 Å². The van der Waals surface area contributed by atoms with Gasteiger partial charge in [-0.05, 0) is 23.6 Å². The number of ether oxygens (including phenoxy) is 2. The van der Waals surface area contributed by atoms with E-state index in [0.717, 1.165) is 5.56 Å². The fourth-order valence-corrected chi connectivity index (χ4v) is 3.58. The summed E-state index contributed by atoms with van der Waals surface area (Å²) in [4.78, 5) is 38.4. The van der Waals surface area contributed by atoms with Crippen LogP contribution in [0.25, 0.3) is 0 Å². The number of benzene rings is 3. The van der Waals surface area contributed by atoms with Gasteiger partial charge < -0.3 is 14.6 Å². The summed E-state index contributed by atoms with van der Waals surface area (Å²) >= 11 is 0. The topological polar surface area (TPSA) is 89.9 Å². The van der Waals surface area contributed by atoms with Crippen molar-refractivity contribution in [2.45, 2.75) is 38.1 Å². The summed E-state index contributed by atoms with van der Waals surface area (Å²) in [6.07, 6.45) is -0.597. The van der Waals surface area contributed by atoms with Crippen LogP contribution < -0.4 is 0 Å². The molecule has 0 saturated heterocycles. The highest BCUT2D eigenvalue weighted by Crippen LogP contribution is 2.35. The van der Waals surface area contributed by atoms with E-state index < -0.39 is 35.7 Å². The molecule has 2 atom stereocenters. The number of hydrogen-bond donors (Lipinski definition) is 1. The van der Waals surface area contributed by atoms with E-state index in [1.807, 2.05) is 24.3 Å². The molecule has 0 aliphatic heterocycles. The third-order valence-electron chi connectivity index (χ3n) is 5.15. The number of rotatable bonds is 10. The molecule has 1 N–H and O–H groups in total. The van der Waals surface area contributed by atoms with Gasteiger partial charge in [-0.3, -0.25) is 9.59 Å². The Hall–Kier alpha value is -3.77. The second-order valence-electron chi connectivity index (χ2n) is 7.80. The van der Waals surface area contributed by atoms with Gasteiger partial charge >= 0.3 is 11.9 Å². The monoisotopic (exact) mass is 446 g/mol. The summed E-state index contributed by atoms with van der Waals surface area (Å²) in [6.45, 7) is 1.09. The second kappa shape index (κ2) is 11.2. The summed E-state index contributed by atoms with van der Waals surface area (Å²) in [6, 6.07) is 26.3. The van der Waals surface area contributed by atoms with Gasteiger partial charge in [0, 0.05) is 6.42 Å². The Morgan fingerprint density at radius 3 is 1.70 bits per heavy atom. The first-order chi connectivity index (χ1) is 15.9. The Morgan fingerprint density at radius 2 is 1.21 bits per heavy atom. The molecule has 3 aromatic rings. The normalized spacial score (nSPS) is 13.4. The van der Waals surface area contributed by atoms with Crippen molar-refractivity contribution in [3.63, 3.8) is 0 Å². The first kappa shape index (κ1) is 23.9. The first-order valence-electron chi connectivity index (χ1n) is 10.6. The average Bonchev–Trinajstić information content (AvgIpc) is 2.83. The Labute approximate surface area is 192 Å². The van der Waals surface area contributed by atoms with Crippen LogP contribution in [0.15, 0.2) is 91.0 Å². The zero-order chi connectivity index (χ0) is 23.7. The molecule has 0 aromatic heterocycles. The number of carbonyl (C=O) groups is 3. The average molecular weight is 446 g/mol. The summed E-state index contributed by atoms with van der Waals surface area (Å²) in [7, 11) is 0. The van der Waals surface area contributed by atoms with Crippen molar-refractivity contribution >= 4 is 17.7 Å². The van der Waals surface area contributed by atoms with E-state index in [0.29, 0.717) is 11.1 Å². The molecule has 0 unspecified atom stereocenters. The molecule has 0 fully saturated rings. The van der Waals surface area contributed by atoms with Crippen molar-refractivity contribution in [1.82, 2.24) is 0 Å². The van der Waals surface area contributed by atoms with E-state index in [9.17, 15) is 19.5 Å². The van der Waals surface area contributed by atoms with Crippen LogP contribution in [0.3, 0.4) is 0 Å². The van der Waals surface area contributed by atoms with E-state index in [-0.39, 0.29) is 13.2 Å². The van der Waals surface area contributed by atoms with Crippen LogP contribution in [0.1, 0.15) is 36.0 Å². The molecule has 0 saturated carbocycles. The molecular formula is C27H26O6. The first-order valence-corrected chi connectivity index (χ1v) is 10.6. The largest absolute Gasteiger partial charge is 0.460 e. The summed E-state index contributed by atoms with van der Waals surface area (Å²) < 4.78 is 10.8. The maximum Gasteiger partial charge on any atom is 0.340 e. The van der Waals surface area contributed by atoms with Crippen LogP contribution in [0.5, 0.6) is 0 Å². The van der Waals surface area contributed by atoms with E-state index in [1.165, 1.54) is 6.92 Å². The molecule has 0 amide bonds. The van der Waals surface area contributed by atoms with Gasteiger partial charge in [0.1, 0.15) is 24.9 Å². The zero-order valence-corrected chi connectivity index (χ0v) is 18.3. The molecule has 0 bridgehead atoms. The van der Waals surface area contributed by atoms with Gasteiger partial charge in [-0.1, -0.05) is 91.0 Å². The SMILES string of the molecule is CC(=O)C[C@](O)(C(=O)OCc1ccccc1)[C@@H](C(=O)OCc1ccccc1)c1ccccc1. The standard InChI is InChI=1S/C27H26O6/c1-20(28)17-27(31,26(30)33-19-22-13-7-3-8-14-22)24(23-15-9-4-10-16-23)25(29)32-18-21-11-5-2-6-12-21/h2-16,24,31H,17-19H2,1H3/t24-,27-/m1/s1. The molecule has 0 heterocycles. The Bertz CT molecular complexity index is 1070. The number of ketones is 1. The Morgan fingerprint density at radius 1 is 0.758 bits per heavy atom. The van der Waals surface area contributed by atoms with Gasteiger partial charge in [0.05, 0.1) is 0 Å². The minimum absolute atomic E-state index is 0.0434. The molecule has 33 heavy (non-hydrogen) atoms. The molecule has 3 rings (SSSR count). The molecule has 170 valence electrons. The molecule has 0 radical (unpaired) electrons. The predicted octanol–water partition coefficient (Wildman–Crippen LogP) is 3.97. The van der Waals surface area contributed by atoms with Crippen molar-refractivity contribution in [3.8, 4) is 0 Å². The number of Topliss-reactive ketones (excluding diaryl/α,β-unsaturated/α-hetero) is 1. The van der Waals surface area contributed by atoms with Gasteiger partial charge in [-0.15, -0.1) is 0 Å². The van der Waals surface area contributed by atoms with Crippen molar-refractivity contribution in [2.75, 3.05) is 0 Å². The minimum Gasteiger partial charge on any atom is -0.460 e. The van der Waals surface area contributed by atoms with E-state index >= 15 is 0 Å². The maximum absolute atomic E-state index is 13.2. The number of aliphatic hydroxyl groups is 1. The van der Waals surface area contributed by atoms with Crippen molar-refractivity contribution in [3.05, 3.63) is 108 Å². The number of carbonyl (C=O) groups excluding carboxylic acids is 3. The van der Waals surface area contributed by atoms with Crippen LogP contribution in [-0.2, 0) is 37.1 Å². The lowest BCUT2D eigenvalue weighted by Gasteiger charge is -2.32. The van der Waals surface area contributed by atoms with Gasteiger partial charge in [0.25, 0.3) is 0 Å². The number of esters is 2. The van der Waals surface area contributed by atoms with Crippen molar-refractivity contribution in [2.24, 2.45) is 0 Å². The molecule has 6 heteroatoms. The summed E-state index contributed by atoms with van der Waals surface area (Å²) in [5, 5.41) is 11.5. The third kappa shape index (κ3) is 6.37. The lowest BCUT2D eigenvalue weighted by molar-refractivity contribution is -0.179. The third-order valence-corrected chi connectivity index (χ3v) is 5.15. The van der Waals surface area contributed by atoms with Crippen LogP contribution in [-0.4, -0.2) is 28.4 Å². The number of hydrogen-bond acceptors (Lipinski definition) is 6. The highest BCUT2D eigenvalue weighted by molar-refractivity contribution is 5.95. The quantitative estimate of drug-likeness (QED) is 0.474. The molecule has 0 aliphatic rings. The van der Waals surface area contributed by atoms with Gasteiger partial charge in [-0.25, -0.2) is 4.79 Å². The van der Waals surface area contributed by atoms with E-state index in [1.54, 1.807) is 66.7 Å². The van der Waals surface area contributed by atoms with Crippen LogP contribution in [0, 0.1) is 0 Å². The van der Waals surface area contributed by atoms with Gasteiger partial charge in [0.2, 0.25) is 0 Å². The molecular weight excluding hydrogens is 420 g/mol. The lowest BCUT2D eigenvalue weighted by atomic mass is 9.78. The Kier molecular flexibility index (Phi) is 8.11. The highest BCUT2D eigenvalue weighted by Gasteiger charge is 2.51. The fraction of sp³-hybridized carbons (Fsp3) is 0.222. The molecule has 0 spiro atoms. The summed E-state index contributed by atoms with van der Waals surface area (Å²) in [5.41, 5.74) is -0.634. The molecule has 3 aromatic carbocycles. The molecule has 6 nitrogen and oxygen atoms in total. The maximum atomic E-state index is 13.2. The van der Waals surface area contributed by atoms with E-state index in [2.05, 4.69) is 0 Å². The summed E-state index contributed by atoms with van der Waals surface area (Å²) in [5.74, 6) is -3.81. The predicted molar refractivity (Wildman–Crippen MR) is 122 cm³/mol. The van der Waals surface area contributed by atoms with Gasteiger partial charge in [0.15, 0.2) is 5.60 Å². The fourth-order valence-electron chi connectivity index (χ4n) is 3.58. The molecule has 0 aliphatic carbocycles. The zero-order valence-electron chi connectivity index (χ0n) is 18.3. The van der Waals surface area contributed by atoms with Crippen molar-refractivity contribution in [1.29, 1.82) is 0 Å². The second-order valence-corrected chi connectivity index (χ2v) is 7.80.